The Morgan fingerprint density at radius 1 is 1.33 bits per heavy atom. The zero-order valence-corrected chi connectivity index (χ0v) is 11.2. The van der Waals surface area contributed by atoms with Crippen LogP contribution < -0.4 is 5.73 Å². The Morgan fingerprint density at radius 2 is 2.17 bits per heavy atom. The van der Waals surface area contributed by atoms with Crippen LogP contribution in [0.4, 0.5) is 0 Å². The first-order chi connectivity index (χ1) is 8.72. The molecule has 98 valence electrons. The molecule has 1 aromatic rings. The lowest BCUT2D eigenvalue weighted by Gasteiger charge is -2.18. The van der Waals surface area contributed by atoms with E-state index in [-0.39, 0.29) is 6.04 Å². The van der Waals surface area contributed by atoms with Gasteiger partial charge in [-0.1, -0.05) is 18.2 Å². The molecule has 18 heavy (non-hydrogen) atoms. The Bertz CT molecular complexity index is 429. The van der Waals surface area contributed by atoms with Crippen LogP contribution in [0.25, 0.3) is 0 Å². The van der Waals surface area contributed by atoms with Crippen molar-refractivity contribution >= 4 is 0 Å². The summed E-state index contributed by atoms with van der Waals surface area (Å²) in [6.07, 6.45) is 6.33. The summed E-state index contributed by atoms with van der Waals surface area (Å²) in [4.78, 5) is 0. The molecular formula is C16H23NO. The summed E-state index contributed by atoms with van der Waals surface area (Å²) in [5, 5.41) is 0. The third-order valence-corrected chi connectivity index (χ3v) is 4.47. The smallest absolute Gasteiger partial charge is 0.0551 e. The molecule has 0 saturated carbocycles. The van der Waals surface area contributed by atoms with Crippen molar-refractivity contribution in [2.24, 2.45) is 11.7 Å². The zero-order chi connectivity index (χ0) is 12.5. The van der Waals surface area contributed by atoms with E-state index in [2.05, 4.69) is 25.1 Å². The van der Waals surface area contributed by atoms with E-state index in [0.29, 0.717) is 12.0 Å². The molecule has 1 heterocycles. The van der Waals surface area contributed by atoms with Gasteiger partial charge in [0.1, 0.15) is 0 Å². The van der Waals surface area contributed by atoms with Crippen molar-refractivity contribution in [2.45, 2.75) is 51.2 Å². The van der Waals surface area contributed by atoms with E-state index in [0.717, 1.165) is 19.4 Å². The van der Waals surface area contributed by atoms with Gasteiger partial charge in [0.05, 0.1) is 12.7 Å². The summed E-state index contributed by atoms with van der Waals surface area (Å²) in [5.41, 5.74) is 10.8. The van der Waals surface area contributed by atoms with E-state index >= 15 is 0 Å². The summed E-state index contributed by atoms with van der Waals surface area (Å²) in [6, 6.07) is 7.19. The Balaban J connectivity index is 1.65. The molecule has 0 amide bonds. The number of rotatable bonds is 3. The molecule has 2 heteroatoms. The van der Waals surface area contributed by atoms with Gasteiger partial charge >= 0.3 is 0 Å². The van der Waals surface area contributed by atoms with Crippen LogP contribution in [0, 0.1) is 5.92 Å². The van der Waals surface area contributed by atoms with Gasteiger partial charge in [0.2, 0.25) is 0 Å². The summed E-state index contributed by atoms with van der Waals surface area (Å²) in [5.74, 6) is 0.535. The average molecular weight is 245 g/mol. The third-order valence-electron chi connectivity index (χ3n) is 4.47. The number of nitrogens with two attached hydrogens (primary N) is 1. The average Bonchev–Trinajstić information content (AvgIpc) is 2.96. The van der Waals surface area contributed by atoms with Crippen molar-refractivity contribution in [3.8, 4) is 0 Å². The molecule has 3 rings (SSSR count). The highest BCUT2D eigenvalue weighted by Crippen LogP contribution is 2.26. The number of aryl methyl sites for hydroxylation is 2. The van der Waals surface area contributed by atoms with Gasteiger partial charge in [-0.25, -0.2) is 0 Å². The summed E-state index contributed by atoms with van der Waals surface area (Å²) in [6.45, 7) is 2.98. The van der Waals surface area contributed by atoms with Crippen LogP contribution in [0.5, 0.6) is 0 Å². The van der Waals surface area contributed by atoms with E-state index in [1.807, 2.05) is 0 Å². The Labute approximate surface area is 110 Å². The second-order valence-corrected chi connectivity index (χ2v) is 5.96. The van der Waals surface area contributed by atoms with Crippen LogP contribution in [-0.4, -0.2) is 18.8 Å². The summed E-state index contributed by atoms with van der Waals surface area (Å²) in [7, 11) is 0. The van der Waals surface area contributed by atoms with Crippen LogP contribution >= 0.6 is 0 Å². The minimum absolute atomic E-state index is 0.245. The molecular weight excluding hydrogens is 222 g/mol. The topological polar surface area (TPSA) is 35.2 Å². The molecule has 0 aromatic heterocycles. The van der Waals surface area contributed by atoms with Crippen molar-refractivity contribution in [1.82, 2.24) is 0 Å². The van der Waals surface area contributed by atoms with Gasteiger partial charge < -0.3 is 10.5 Å². The molecule has 3 unspecified atom stereocenters. The summed E-state index contributed by atoms with van der Waals surface area (Å²) < 4.78 is 5.62. The quantitative estimate of drug-likeness (QED) is 0.888. The molecule has 1 aliphatic heterocycles. The predicted octanol–water partition coefficient (Wildman–Crippen LogP) is 2.47. The second-order valence-electron chi connectivity index (χ2n) is 5.96. The maximum atomic E-state index is 6.34. The van der Waals surface area contributed by atoms with E-state index in [1.54, 1.807) is 11.1 Å². The molecule has 3 atom stereocenters. The van der Waals surface area contributed by atoms with Gasteiger partial charge in [-0.3, -0.25) is 0 Å². The zero-order valence-electron chi connectivity index (χ0n) is 11.2. The van der Waals surface area contributed by atoms with Gasteiger partial charge in [-0.2, -0.15) is 0 Å². The van der Waals surface area contributed by atoms with Crippen molar-refractivity contribution < 1.29 is 4.74 Å². The lowest BCUT2D eigenvalue weighted by atomic mass is 9.91. The molecule has 1 aromatic carbocycles. The third kappa shape index (κ3) is 2.45. The Hall–Kier alpha value is -0.860. The van der Waals surface area contributed by atoms with E-state index in [9.17, 15) is 0 Å². The predicted molar refractivity (Wildman–Crippen MR) is 73.7 cm³/mol. The van der Waals surface area contributed by atoms with Crippen LogP contribution in [0.2, 0.25) is 0 Å². The van der Waals surface area contributed by atoms with E-state index in [4.69, 9.17) is 10.5 Å². The van der Waals surface area contributed by atoms with Crippen molar-refractivity contribution in [3.05, 3.63) is 34.9 Å². The van der Waals surface area contributed by atoms with Crippen LogP contribution in [0.3, 0.4) is 0 Å². The highest BCUT2D eigenvalue weighted by atomic mass is 16.5. The van der Waals surface area contributed by atoms with Gasteiger partial charge in [-0.05, 0) is 55.7 Å². The lowest BCUT2D eigenvalue weighted by Crippen LogP contribution is -2.32. The van der Waals surface area contributed by atoms with Crippen molar-refractivity contribution in [1.29, 1.82) is 0 Å². The molecule has 0 spiro atoms. The number of benzene rings is 1. The molecule has 1 saturated heterocycles. The van der Waals surface area contributed by atoms with Gasteiger partial charge in [0.25, 0.3) is 0 Å². The highest BCUT2D eigenvalue weighted by molar-refractivity contribution is 5.35. The fourth-order valence-corrected chi connectivity index (χ4v) is 3.34. The molecule has 0 radical (unpaired) electrons. The van der Waals surface area contributed by atoms with Crippen molar-refractivity contribution in [3.63, 3.8) is 0 Å². The molecule has 1 fully saturated rings. The largest absolute Gasteiger partial charge is 0.378 e. The number of hydrogen-bond acceptors (Lipinski definition) is 2. The first-order valence-electron chi connectivity index (χ1n) is 7.20. The number of ether oxygens (including phenoxy) is 1. The van der Waals surface area contributed by atoms with E-state index in [1.165, 1.54) is 24.8 Å². The fourth-order valence-electron chi connectivity index (χ4n) is 3.34. The van der Waals surface area contributed by atoms with Gasteiger partial charge in [0.15, 0.2) is 0 Å². The molecule has 2 N–H and O–H groups in total. The minimum atomic E-state index is 0.245. The van der Waals surface area contributed by atoms with Crippen molar-refractivity contribution in [2.75, 3.05) is 6.61 Å². The lowest BCUT2D eigenvalue weighted by molar-refractivity contribution is 0.118. The maximum Gasteiger partial charge on any atom is 0.0551 e. The molecule has 0 bridgehead atoms. The van der Waals surface area contributed by atoms with Gasteiger partial charge in [0, 0.05) is 12.0 Å². The highest BCUT2D eigenvalue weighted by Gasteiger charge is 2.27. The first-order valence-corrected chi connectivity index (χ1v) is 7.20. The van der Waals surface area contributed by atoms with Crippen LogP contribution in [0.15, 0.2) is 18.2 Å². The number of fused-ring (bicyclic) bond motifs is 1. The fraction of sp³-hybridized carbons (Fsp3) is 0.625. The van der Waals surface area contributed by atoms with Crippen LogP contribution in [0.1, 0.15) is 36.5 Å². The minimum Gasteiger partial charge on any atom is -0.378 e. The standard InChI is InChI=1S/C16H23NO/c1-11-7-15(10-18-11)16(17)9-12-5-6-13-3-2-4-14(13)8-12/h5-6,8,11,15-16H,2-4,7,9-10,17H2,1H3. The molecule has 1 aliphatic carbocycles. The monoisotopic (exact) mass is 245 g/mol. The molecule has 2 nitrogen and oxygen atoms in total. The Morgan fingerprint density at radius 3 is 2.94 bits per heavy atom. The van der Waals surface area contributed by atoms with E-state index < -0.39 is 0 Å². The Kier molecular flexibility index (Phi) is 3.40. The SMILES string of the molecule is CC1CC(C(N)Cc2ccc3c(c2)CCC3)CO1. The number of hydrogen-bond donors (Lipinski definition) is 1. The normalized spacial score (nSPS) is 28.3. The first kappa shape index (κ1) is 12.2. The van der Waals surface area contributed by atoms with Crippen LogP contribution in [-0.2, 0) is 24.0 Å². The maximum absolute atomic E-state index is 6.34. The second kappa shape index (κ2) is 5.02. The van der Waals surface area contributed by atoms with Gasteiger partial charge in [-0.15, -0.1) is 0 Å². The summed E-state index contributed by atoms with van der Waals surface area (Å²) >= 11 is 0. The molecule has 2 aliphatic rings.